The first-order valence-electron chi connectivity index (χ1n) is 13.6. The Morgan fingerprint density at radius 1 is 1.15 bits per heavy atom. The quantitative estimate of drug-likeness (QED) is 0.485. The minimum Gasteiger partial charge on any atom is -0.356 e. The molecular formula is C28H34F3N5O4. The maximum atomic E-state index is 13.9. The lowest BCUT2D eigenvalue weighted by molar-refractivity contribution is -0.175. The van der Waals surface area contributed by atoms with E-state index in [9.17, 15) is 37.6 Å². The average molecular weight is 562 g/mol. The van der Waals surface area contributed by atoms with Gasteiger partial charge in [0.05, 0.1) is 6.07 Å². The van der Waals surface area contributed by atoms with E-state index in [4.69, 9.17) is 0 Å². The predicted molar refractivity (Wildman–Crippen MR) is 137 cm³/mol. The Bertz CT molecular complexity index is 1210. The van der Waals surface area contributed by atoms with E-state index in [1.54, 1.807) is 18.2 Å². The number of nitrogens with one attached hydrogen (secondary N) is 3. The molecule has 40 heavy (non-hydrogen) atoms. The van der Waals surface area contributed by atoms with Crippen molar-refractivity contribution in [3.05, 3.63) is 35.4 Å². The number of nitriles is 1. The van der Waals surface area contributed by atoms with Gasteiger partial charge in [0, 0.05) is 19.5 Å². The van der Waals surface area contributed by atoms with E-state index in [1.165, 1.54) is 11.0 Å². The van der Waals surface area contributed by atoms with Crippen LogP contribution in [0.3, 0.4) is 0 Å². The molecule has 0 spiro atoms. The van der Waals surface area contributed by atoms with E-state index in [1.807, 2.05) is 25.2 Å². The fraction of sp³-hybridized carbons (Fsp3) is 0.607. The van der Waals surface area contributed by atoms with Gasteiger partial charge in [0.2, 0.25) is 11.8 Å². The summed E-state index contributed by atoms with van der Waals surface area (Å²) in [5.41, 5.74) is 0.690. The highest BCUT2D eigenvalue weighted by molar-refractivity contribution is 5.95. The van der Waals surface area contributed by atoms with Gasteiger partial charge in [0.25, 0.3) is 5.91 Å². The molecule has 216 valence electrons. The zero-order valence-electron chi connectivity index (χ0n) is 22.5. The second-order valence-electron chi connectivity index (χ2n) is 11.4. The monoisotopic (exact) mass is 561 g/mol. The summed E-state index contributed by atoms with van der Waals surface area (Å²) in [6, 6.07) is 4.82. The van der Waals surface area contributed by atoms with Crippen molar-refractivity contribution < 1.29 is 32.3 Å². The highest BCUT2D eigenvalue weighted by Crippen LogP contribution is 2.65. The standard InChI is InChI=1S/C28H34F3N5O4/c1-27(2)19-15-36-23(21(19)27)24(38)34-18(14-32)10-11-20(37)33-12-5-3-4-7-16-8-6-9-17(13-16)22(25(36)39)35-26(40)28(29,30)31/h6,8-9,13,18-19,21-23H,3-5,7,10-12,15H2,1-2H3,(H,33,37)(H,34,38)(H,35,40)/t18-,19-,21-,22-,23-/m0/s1. The molecule has 3 aliphatic rings. The normalized spacial score (nSPS) is 29.4. The van der Waals surface area contributed by atoms with E-state index >= 15 is 0 Å². The van der Waals surface area contributed by atoms with Crippen molar-refractivity contribution in [2.24, 2.45) is 17.3 Å². The van der Waals surface area contributed by atoms with Crippen molar-refractivity contribution in [3.63, 3.8) is 0 Å². The maximum absolute atomic E-state index is 13.9. The van der Waals surface area contributed by atoms with E-state index in [0.29, 0.717) is 19.4 Å². The van der Waals surface area contributed by atoms with E-state index in [2.05, 4.69) is 10.6 Å². The summed E-state index contributed by atoms with van der Waals surface area (Å²) in [5, 5.41) is 16.9. The summed E-state index contributed by atoms with van der Waals surface area (Å²) in [6.07, 6.45) is -2.28. The third kappa shape index (κ3) is 6.24. The Hall–Kier alpha value is -3.62. The molecule has 0 radical (unpaired) electrons. The molecule has 1 aromatic rings. The number of rotatable bonds is 1. The summed E-state index contributed by atoms with van der Waals surface area (Å²) in [5.74, 6) is -4.23. The molecule has 4 amide bonds. The predicted octanol–water partition coefficient (Wildman–Crippen LogP) is 2.52. The number of nitrogens with zero attached hydrogens (tertiary/aromatic N) is 2. The van der Waals surface area contributed by atoms with E-state index < -0.39 is 42.0 Å². The Balaban J connectivity index is 1.69. The van der Waals surface area contributed by atoms with Crippen LogP contribution in [-0.4, -0.2) is 59.9 Å². The van der Waals surface area contributed by atoms with Gasteiger partial charge in [-0.05, 0) is 54.1 Å². The number of alkyl halides is 3. The van der Waals surface area contributed by atoms with Crippen molar-refractivity contribution in [3.8, 4) is 6.07 Å². The third-order valence-corrected chi connectivity index (χ3v) is 8.42. The maximum Gasteiger partial charge on any atom is 0.471 e. The smallest absolute Gasteiger partial charge is 0.356 e. The highest BCUT2D eigenvalue weighted by atomic mass is 19.4. The van der Waals surface area contributed by atoms with Crippen molar-refractivity contribution in [1.82, 2.24) is 20.9 Å². The van der Waals surface area contributed by atoms with Gasteiger partial charge in [-0.1, -0.05) is 44.5 Å². The van der Waals surface area contributed by atoms with Crippen LogP contribution in [0.25, 0.3) is 0 Å². The Kier molecular flexibility index (Phi) is 8.42. The number of fused-ring (bicyclic) bond motifs is 5. The lowest BCUT2D eigenvalue weighted by atomic mass is 9.96. The van der Waals surface area contributed by atoms with Gasteiger partial charge < -0.3 is 20.9 Å². The molecule has 2 aliphatic heterocycles. The van der Waals surface area contributed by atoms with E-state index in [-0.39, 0.29) is 48.1 Å². The number of amides is 4. The van der Waals surface area contributed by atoms with Crippen LogP contribution in [0.4, 0.5) is 13.2 Å². The van der Waals surface area contributed by atoms with Gasteiger partial charge >= 0.3 is 12.1 Å². The van der Waals surface area contributed by atoms with Gasteiger partial charge in [0.1, 0.15) is 18.1 Å². The second kappa shape index (κ2) is 11.5. The molecule has 4 rings (SSSR count). The van der Waals surface area contributed by atoms with Crippen LogP contribution in [0.1, 0.15) is 63.1 Å². The molecule has 9 nitrogen and oxygen atoms in total. The van der Waals surface area contributed by atoms with E-state index in [0.717, 1.165) is 18.4 Å². The SMILES string of the molecule is CC1(C)[C@@H]2[C@H]3C(=O)N[C@H](C#N)CCC(=O)NCCCCCc4cccc(c4)[C@H](NC(=O)C(F)(F)F)C(=O)N3C[C@@H]21. The van der Waals surface area contributed by atoms with Gasteiger partial charge in [0.15, 0.2) is 0 Å². The summed E-state index contributed by atoms with van der Waals surface area (Å²) in [6.45, 7) is 4.48. The third-order valence-electron chi connectivity index (χ3n) is 8.42. The summed E-state index contributed by atoms with van der Waals surface area (Å²) >= 11 is 0. The first kappa shape index (κ1) is 29.4. The summed E-state index contributed by atoms with van der Waals surface area (Å²) in [7, 11) is 0. The molecule has 0 aromatic heterocycles. The molecule has 1 aliphatic carbocycles. The van der Waals surface area contributed by atoms with Crippen LogP contribution in [0.15, 0.2) is 24.3 Å². The van der Waals surface area contributed by atoms with Gasteiger partial charge in [-0.15, -0.1) is 0 Å². The largest absolute Gasteiger partial charge is 0.471 e. The molecule has 0 unspecified atom stereocenters. The first-order chi connectivity index (χ1) is 18.8. The molecule has 1 saturated carbocycles. The zero-order valence-corrected chi connectivity index (χ0v) is 22.5. The molecule has 1 aromatic carbocycles. The van der Waals surface area contributed by atoms with Crippen molar-refractivity contribution in [1.29, 1.82) is 5.26 Å². The Morgan fingerprint density at radius 2 is 1.90 bits per heavy atom. The fourth-order valence-electron chi connectivity index (χ4n) is 6.06. The van der Waals surface area contributed by atoms with Crippen LogP contribution >= 0.6 is 0 Å². The van der Waals surface area contributed by atoms with Gasteiger partial charge in [-0.2, -0.15) is 18.4 Å². The number of carbonyl (C=O) groups excluding carboxylic acids is 4. The topological polar surface area (TPSA) is 131 Å². The number of halogens is 3. The fourth-order valence-corrected chi connectivity index (χ4v) is 6.06. The van der Waals surface area contributed by atoms with Crippen molar-refractivity contribution >= 4 is 23.6 Å². The highest BCUT2D eigenvalue weighted by Gasteiger charge is 2.69. The molecule has 12 heteroatoms. The molecule has 3 N–H and O–H groups in total. The zero-order chi connectivity index (χ0) is 29.2. The lowest BCUT2D eigenvalue weighted by Gasteiger charge is -2.33. The minimum atomic E-state index is -5.21. The van der Waals surface area contributed by atoms with Gasteiger partial charge in [-0.3, -0.25) is 19.2 Å². The van der Waals surface area contributed by atoms with Crippen LogP contribution in [0, 0.1) is 28.6 Å². The second-order valence-corrected chi connectivity index (χ2v) is 11.4. The van der Waals surface area contributed by atoms with Crippen molar-refractivity contribution in [2.45, 2.75) is 76.7 Å². The van der Waals surface area contributed by atoms with Crippen LogP contribution in [0.2, 0.25) is 0 Å². The van der Waals surface area contributed by atoms with Crippen LogP contribution in [-0.2, 0) is 25.6 Å². The number of aryl methyl sites for hydroxylation is 1. The first-order valence-corrected chi connectivity index (χ1v) is 13.6. The summed E-state index contributed by atoms with van der Waals surface area (Å²) < 4.78 is 39.9. The Morgan fingerprint density at radius 3 is 2.60 bits per heavy atom. The number of hydrogen-bond acceptors (Lipinski definition) is 5. The number of benzene rings is 1. The van der Waals surface area contributed by atoms with Gasteiger partial charge in [-0.25, -0.2) is 0 Å². The average Bonchev–Trinajstić information content (AvgIpc) is 3.22. The Labute approximate surface area is 230 Å². The van der Waals surface area contributed by atoms with Crippen LogP contribution < -0.4 is 16.0 Å². The molecule has 1 saturated heterocycles. The van der Waals surface area contributed by atoms with Crippen LogP contribution in [0.5, 0.6) is 0 Å². The summed E-state index contributed by atoms with van der Waals surface area (Å²) in [4.78, 5) is 52.9. The van der Waals surface area contributed by atoms with Crippen molar-refractivity contribution in [2.75, 3.05) is 13.1 Å². The number of carbonyl (C=O) groups is 4. The molecule has 2 bridgehead atoms. The molecule has 2 fully saturated rings. The minimum absolute atomic E-state index is 0.0285. The molecule has 5 atom stereocenters. The molecular weight excluding hydrogens is 527 g/mol. The molecule has 2 heterocycles. The number of piperidine rings is 1. The lowest BCUT2D eigenvalue weighted by Crippen LogP contribution is -2.55. The number of hydrogen-bond donors (Lipinski definition) is 3.